The van der Waals surface area contributed by atoms with Crippen LogP contribution in [0.5, 0.6) is 0 Å². The average molecular weight is 265 g/mol. The van der Waals surface area contributed by atoms with E-state index in [0.29, 0.717) is 0 Å². The molecule has 0 radical (unpaired) electrons. The Morgan fingerprint density at radius 3 is 2.47 bits per heavy atom. The van der Waals surface area contributed by atoms with Crippen molar-refractivity contribution in [1.29, 1.82) is 0 Å². The van der Waals surface area contributed by atoms with Gasteiger partial charge in [0.1, 0.15) is 0 Å². The third-order valence-electron chi connectivity index (χ3n) is 1.85. The van der Waals surface area contributed by atoms with Gasteiger partial charge in [0.15, 0.2) is 5.16 Å². The number of hydrogen-bond acceptors (Lipinski definition) is 4. The second-order valence-corrected chi connectivity index (χ2v) is 5.27. The van der Waals surface area contributed by atoms with Gasteiger partial charge in [-0.2, -0.15) is 0 Å². The van der Waals surface area contributed by atoms with E-state index in [2.05, 4.69) is 10.2 Å². The summed E-state index contributed by atoms with van der Waals surface area (Å²) in [6.07, 6.45) is -2.74. The van der Waals surface area contributed by atoms with Crippen molar-refractivity contribution in [3.8, 4) is 0 Å². The van der Waals surface area contributed by atoms with Crippen molar-refractivity contribution in [3.63, 3.8) is 0 Å². The highest BCUT2D eigenvalue weighted by atomic mass is 32.2. The van der Waals surface area contributed by atoms with E-state index in [0.717, 1.165) is 11.8 Å². The number of carboxylic acid groups (broad SMARTS) is 1. The lowest BCUT2D eigenvalue weighted by Gasteiger charge is -2.24. The van der Waals surface area contributed by atoms with E-state index in [1.165, 1.54) is 4.57 Å². The predicted octanol–water partition coefficient (Wildman–Crippen LogP) is 2.15. The number of nitrogens with zero attached hydrogens (tertiary/aromatic N) is 3. The summed E-state index contributed by atoms with van der Waals surface area (Å²) in [4.78, 5) is 10.4. The SMILES string of the molecule is CC(C)(C)n1c(SCC(=O)O)nnc1C(F)F. The number of alkyl halides is 2. The zero-order valence-electron chi connectivity index (χ0n) is 9.65. The van der Waals surface area contributed by atoms with Crippen molar-refractivity contribution < 1.29 is 18.7 Å². The minimum Gasteiger partial charge on any atom is -0.481 e. The summed E-state index contributed by atoms with van der Waals surface area (Å²) >= 11 is 0.877. The molecule has 17 heavy (non-hydrogen) atoms. The molecule has 1 rings (SSSR count). The molecule has 5 nitrogen and oxygen atoms in total. The van der Waals surface area contributed by atoms with Gasteiger partial charge in [0, 0.05) is 5.54 Å². The Kier molecular flexibility index (Phi) is 4.07. The maximum absolute atomic E-state index is 12.7. The fourth-order valence-corrected chi connectivity index (χ4v) is 2.12. The van der Waals surface area contributed by atoms with Crippen molar-refractivity contribution in [2.45, 2.75) is 37.9 Å². The average Bonchev–Trinajstić information content (AvgIpc) is 2.57. The van der Waals surface area contributed by atoms with Gasteiger partial charge in [0.25, 0.3) is 6.43 Å². The first-order valence-corrected chi connectivity index (χ1v) is 5.80. The second-order valence-electron chi connectivity index (χ2n) is 4.33. The fraction of sp³-hybridized carbons (Fsp3) is 0.667. The number of aromatic nitrogens is 3. The molecule has 0 saturated carbocycles. The molecule has 1 aromatic heterocycles. The van der Waals surface area contributed by atoms with Crippen molar-refractivity contribution in [2.24, 2.45) is 0 Å². The van der Waals surface area contributed by atoms with Crippen LogP contribution in [0.15, 0.2) is 5.16 Å². The first-order valence-electron chi connectivity index (χ1n) is 4.82. The van der Waals surface area contributed by atoms with Gasteiger partial charge in [-0.25, -0.2) is 8.78 Å². The van der Waals surface area contributed by atoms with Gasteiger partial charge >= 0.3 is 5.97 Å². The summed E-state index contributed by atoms with van der Waals surface area (Å²) in [6, 6.07) is 0. The van der Waals surface area contributed by atoms with Crippen LogP contribution < -0.4 is 0 Å². The molecule has 0 spiro atoms. The molecular weight excluding hydrogens is 252 g/mol. The standard InChI is InChI=1S/C9H13F2N3O2S/c1-9(2,3)14-7(6(10)11)12-13-8(14)17-4-5(15)16/h6H,4H2,1-3H3,(H,15,16). The Morgan fingerprint density at radius 1 is 1.47 bits per heavy atom. The summed E-state index contributed by atoms with van der Waals surface area (Å²) in [5.74, 6) is -1.71. The molecule has 0 unspecified atom stereocenters. The van der Waals surface area contributed by atoms with Gasteiger partial charge in [-0.05, 0) is 20.8 Å². The lowest BCUT2D eigenvalue weighted by Crippen LogP contribution is -2.25. The summed E-state index contributed by atoms with van der Waals surface area (Å²) in [5.41, 5.74) is -0.629. The molecule has 0 bridgehead atoms. The normalized spacial score (nSPS) is 12.1. The maximum Gasteiger partial charge on any atom is 0.313 e. The number of carbonyl (C=O) groups is 1. The highest BCUT2D eigenvalue weighted by Crippen LogP contribution is 2.29. The summed E-state index contributed by atoms with van der Waals surface area (Å²) < 4.78 is 26.7. The van der Waals surface area contributed by atoms with E-state index < -0.39 is 23.8 Å². The second kappa shape index (κ2) is 4.99. The van der Waals surface area contributed by atoms with Gasteiger partial charge < -0.3 is 5.11 Å². The van der Waals surface area contributed by atoms with Crippen LogP contribution in [0, 0.1) is 0 Å². The van der Waals surface area contributed by atoms with Crippen molar-refractivity contribution >= 4 is 17.7 Å². The third kappa shape index (κ3) is 3.39. The quantitative estimate of drug-likeness (QED) is 0.845. The summed E-state index contributed by atoms with van der Waals surface area (Å²) in [6.45, 7) is 5.19. The Balaban J connectivity index is 3.10. The highest BCUT2D eigenvalue weighted by molar-refractivity contribution is 7.99. The Hall–Kier alpha value is -1.18. The first-order chi connectivity index (χ1) is 7.73. The van der Waals surface area contributed by atoms with Crippen molar-refractivity contribution in [2.75, 3.05) is 5.75 Å². The van der Waals surface area contributed by atoms with Crippen LogP contribution in [0.4, 0.5) is 8.78 Å². The zero-order chi connectivity index (χ0) is 13.2. The van der Waals surface area contributed by atoms with Crippen LogP contribution in [0.2, 0.25) is 0 Å². The highest BCUT2D eigenvalue weighted by Gasteiger charge is 2.28. The van der Waals surface area contributed by atoms with Crippen LogP contribution in [0.3, 0.4) is 0 Å². The molecule has 0 saturated heterocycles. The van der Waals surface area contributed by atoms with Gasteiger partial charge in [-0.1, -0.05) is 11.8 Å². The van der Waals surface area contributed by atoms with Crippen LogP contribution in [0.25, 0.3) is 0 Å². The number of hydrogen-bond donors (Lipinski definition) is 1. The zero-order valence-corrected chi connectivity index (χ0v) is 10.5. The molecule has 0 aliphatic carbocycles. The summed E-state index contributed by atoms with van der Waals surface area (Å²) in [7, 11) is 0. The minimum atomic E-state index is -2.74. The number of rotatable bonds is 4. The molecule has 0 aliphatic rings. The molecule has 1 N–H and O–H groups in total. The molecular formula is C9H13F2N3O2S. The monoisotopic (exact) mass is 265 g/mol. The lowest BCUT2D eigenvalue weighted by molar-refractivity contribution is -0.133. The lowest BCUT2D eigenvalue weighted by atomic mass is 10.1. The number of thioether (sulfide) groups is 1. The van der Waals surface area contributed by atoms with Gasteiger partial charge in [-0.15, -0.1) is 10.2 Å². The summed E-state index contributed by atoms with van der Waals surface area (Å²) in [5, 5.41) is 15.8. The molecule has 0 aliphatic heterocycles. The minimum absolute atomic E-state index is 0.190. The van der Waals surface area contributed by atoms with E-state index in [1.807, 2.05) is 0 Å². The molecule has 0 amide bonds. The maximum atomic E-state index is 12.7. The first kappa shape index (κ1) is 13.9. The Morgan fingerprint density at radius 2 is 2.06 bits per heavy atom. The van der Waals surface area contributed by atoms with Crippen molar-refractivity contribution in [3.05, 3.63) is 5.82 Å². The fourth-order valence-electron chi connectivity index (χ4n) is 1.27. The smallest absolute Gasteiger partial charge is 0.313 e. The number of aliphatic carboxylic acids is 1. The molecule has 1 aromatic rings. The van der Waals surface area contributed by atoms with Crippen LogP contribution in [0.1, 0.15) is 33.0 Å². The topological polar surface area (TPSA) is 68.0 Å². The van der Waals surface area contributed by atoms with E-state index in [1.54, 1.807) is 20.8 Å². The third-order valence-corrected chi connectivity index (χ3v) is 2.76. The molecule has 8 heteroatoms. The Labute approximate surface area is 101 Å². The molecule has 0 aromatic carbocycles. The van der Waals surface area contributed by atoms with E-state index >= 15 is 0 Å². The van der Waals surface area contributed by atoms with Crippen LogP contribution in [-0.4, -0.2) is 31.6 Å². The van der Waals surface area contributed by atoms with Crippen LogP contribution in [-0.2, 0) is 10.3 Å². The van der Waals surface area contributed by atoms with Crippen molar-refractivity contribution in [1.82, 2.24) is 14.8 Å². The van der Waals surface area contributed by atoms with E-state index in [-0.39, 0.29) is 10.9 Å². The molecule has 0 atom stereocenters. The van der Waals surface area contributed by atoms with E-state index in [4.69, 9.17) is 5.11 Å². The number of halogens is 2. The Bertz CT molecular complexity index is 415. The van der Waals surface area contributed by atoms with Gasteiger partial charge in [0.2, 0.25) is 5.82 Å². The van der Waals surface area contributed by atoms with Crippen LogP contribution >= 0.6 is 11.8 Å². The molecule has 0 fully saturated rings. The molecule has 1 heterocycles. The predicted molar refractivity (Wildman–Crippen MR) is 58.3 cm³/mol. The van der Waals surface area contributed by atoms with Gasteiger partial charge in [0.05, 0.1) is 5.75 Å². The van der Waals surface area contributed by atoms with E-state index in [9.17, 15) is 13.6 Å². The molecule has 96 valence electrons. The van der Waals surface area contributed by atoms with Gasteiger partial charge in [-0.3, -0.25) is 9.36 Å². The largest absolute Gasteiger partial charge is 0.481 e. The number of carboxylic acids is 1.